The highest BCUT2D eigenvalue weighted by Crippen LogP contribution is 2.20. The van der Waals surface area contributed by atoms with Crippen LogP contribution in [0, 0.1) is 0 Å². The maximum atomic E-state index is 12.5. The molecule has 0 amide bonds. The fraction of sp³-hybridized carbons (Fsp3) is 0.545. The van der Waals surface area contributed by atoms with E-state index in [0.29, 0.717) is 6.42 Å². The average molecular weight is 392 g/mol. The van der Waals surface area contributed by atoms with Gasteiger partial charge in [0.2, 0.25) is 0 Å². The molecule has 27 heavy (non-hydrogen) atoms. The van der Waals surface area contributed by atoms with Crippen LogP contribution < -0.4 is 5.11 Å². The van der Waals surface area contributed by atoms with Crippen molar-refractivity contribution >= 4 is 15.8 Å². The first-order valence-corrected chi connectivity index (χ1v) is 11.4. The number of benzene rings is 1. The maximum Gasteiger partial charge on any atom is 0.186 e. The number of sulfone groups is 1. The van der Waals surface area contributed by atoms with Crippen molar-refractivity contribution in [3.63, 3.8) is 0 Å². The molecule has 0 saturated carbocycles. The summed E-state index contributed by atoms with van der Waals surface area (Å²) < 4.78 is 25.0. The number of carbonyl (C=O) groups is 1. The van der Waals surface area contributed by atoms with Gasteiger partial charge in [-0.25, -0.2) is 8.42 Å². The van der Waals surface area contributed by atoms with E-state index in [9.17, 15) is 18.3 Å². The molecule has 1 rings (SSSR count). The topological polar surface area (TPSA) is 74.3 Å². The Morgan fingerprint density at radius 2 is 1.48 bits per heavy atom. The van der Waals surface area contributed by atoms with Crippen molar-refractivity contribution in [3.8, 4) is 0 Å². The largest absolute Gasteiger partial charge is 0.549 e. The third-order valence-electron chi connectivity index (χ3n) is 4.67. The molecule has 0 aliphatic carbocycles. The Kier molecular flexibility index (Phi) is 11.5. The summed E-state index contributed by atoms with van der Waals surface area (Å²) in [6.45, 7) is 3.54. The number of rotatable bonds is 15. The van der Waals surface area contributed by atoms with Gasteiger partial charge in [-0.3, -0.25) is 0 Å². The van der Waals surface area contributed by atoms with Crippen LogP contribution in [0.1, 0.15) is 70.6 Å². The molecule has 0 aliphatic heterocycles. The molecule has 1 aromatic rings. The lowest BCUT2D eigenvalue weighted by molar-refractivity contribution is -0.305. The van der Waals surface area contributed by atoms with Gasteiger partial charge in [0.05, 0.1) is 10.9 Å². The zero-order valence-corrected chi connectivity index (χ0v) is 16.9. The lowest BCUT2D eigenvalue weighted by Gasteiger charge is -2.18. The van der Waals surface area contributed by atoms with Crippen LogP contribution in [0.4, 0.5) is 0 Å². The second-order valence-corrected chi connectivity index (χ2v) is 8.96. The number of allylic oxidation sites excluding steroid dienone is 1. The number of carboxylic acid groups (broad SMARTS) is 1. The SMILES string of the molecule is C=C=CCCCCCCCCCCCC(C(=O)[O-])S(=O)(=O)c1ccccc1. The molecule has 1 aromatic carbocycles. The molecule has 5 heteroatoms. The van der Waals surface area contributed by atoms with Crippen molar-refractivity contribution in [1.82, 2.24) is 0 Å². The van der Waals surface area contributed by atoms with Crippen LogP contribution in [-0.4, -0.2) is 19.6 Å². The molecule has 0 fully saturated rings. The van der Waals surface area contributed by atoms with Gasteiger partial charge in [0.15, 0.2) is 9.84 Å². The van der Waals surface area contributed by atoms with E-state index in [1.54, 1.807) is 18.2 Å². The monoisotopic (exact) mass is 391 g/mol. The number of unbranched alkanes of at least 4 members (excludes halogenated alkanes) is 9. The number of carboxylic acids is 1. The molecule has 0 aliphatic rings. The van der Waals surface area contributed by atoms with Crippen molar-refractivity contribution in [2.75, 3.05) is 0 Å². The lowest BCUT2D eigenvalue weighted by Crippen LogP contribution is -2.41. The highest BCUT2D eigenvalue weighted by molar-refractivity contribution is 7.92. The highest BCUT2D eigenvalue weighted by atomic mass is 32.2. The number of hydrogen-bond acceptors (Lipinski definition) is 4. The minimum Gasteiger partial charge on any atom is -0.549 e. The van der Waals surface area contributed by atoms with Gasteiger partial charge in [0.25, 0.3) is 0 Å². The average Bonchev–Trinajstić information content (AvgIpc) is 2.65. The maximum absolute atomic E-state index is 12.5. The Hall–Kier alpha value is -1.84. The van der Waals surface area contributed by atoms with Crippen LogP contribution in [0.5, 0.6) is 0 Å². The molecular weight excluding hydrogens is 360 g/mol. The van der Waals surface area contributed by atoms with E-state index in [-0.39, 0.29) is 11.3 Å². The molecule has 0 radical (unpaired) electrons. The van der Waals surface area contributed by atoms with Gasteiger partial charge in [-0.2, -0.15) is 0 Å². The van der Waals surface area contributed by atoms with E-state index in [4.69, 9.17) is 0 Å². The zero-order chi connectivity index (χ0) is 20.0. The first-order valence-electron chi connectivity index (χ1n) is 9.84. The number of carbonyl (C=O) groups excluding carboxylic acids is 1. The smallest absolute Gasteiger partial charge is 0.186 e. The molecule has 0 heterocycles. The van der Waals surface area contributed by atoms with Gasteiger partial charge in [0.1, 0.15) is 5.25 Å². The summed E-state index contributed by atoms with van der Waals surface area (Å²) >= 11 is 0. The zero-order valence-electron chi connectivity index (χ0n) is 16.1. The summed E-state index contributed by atoms with van der Waals surface area (Å²) in [7, 11) is -3.89. The van der Waals surface area contributed by atoms with Gasteiger partial charge < -0.3 is 9.90 Å². The van der Waals surface area contributed by atoms with Crippen LogP contribution in [0.25, 0.3) is 0 Å². The van der Waals surface area contributed by atoms with E-state index in [1.165, 1.54) is 44.2 Å². The van der Waals surface area contributed by atoms with E-state index >= 15 is 0 Å². The molecule has 150 valence electrons. The second kappa shape index (κ2) is 13.3. The van der Waals surface area contributed by atoms with Gasteiger partial charge in [-0.05, 0) is 37.5 Å². The Labute approximate surface area is 163 Å². The summed E-state index contributed by atoms with van der Waals surface area (Å²) in [4.78, 5) is 11.4. The van der Waals surface area contributed by atoms with Gasteiger partial charge >= 0.3 is 0 Å². The van der Waals surface area contributed by atoms with Crippen molar-refractivity contribution < 1.29 is 18.3 Å². The van der Waals surface area contributed by atoms with Gasteiger partial charge in [-0.15, -0.1) is 5.73 Å². The van der Waals surface area contributed by atoms with E-state index in [1.807, 2.05) is 6.08 Å². The van der Waals surface area contributed by atoms with Crippen LogP contribution in [0.2, 0.25) is 0 Å². The van der Waals surface area contributed by atoms with Gasteiger partial charge in [0, 0.05) is 0 Å². The van der Waals surface area contributed by atoms with Crippen LogP contribution in [-0.2, 0) is 14.6 Å². The van der Waals surface area contributed by atoms with E-state index < -0.39 is 21.1 Å². The fourth-order valence-electron chi connectivity index (χ4n) is 3.09. The molecule has 0 N–H and O–H groups in total. The first-order chi connectivity index (χ1) is 13.0. The molecule has 1 atom stereocenters. The number of hydrogen-bond donors (Lipinski definition) is 0. The van der Waals surface area contributed by atoms with Gasteiger partial charge in [-0.1, -0.05) is 76.1 Å². The summed E-state index contributed by atoms with van der Waals surface area (Å²) in [5.74, 6) is -1.51. The highest BCUT2D eigenvalue weighted by Gasteiger charge is 2.27. The molecule has 1 unspecified atom stereocenters. The summed E-state index contributed by atoms with van der Waals surface area (Å²) in [6.07, 6.45) is 12.7. The Morgan fingerprint density at radius 3 is 2.00 bits per heavy atom. The number of aliphatic carboxylic acids is 1. The predicted octanol–water partition coefficient (Wildman–Crippen LogP) is 4.21. The van der Waals surface area contributed by atoms with Crippen LogP contribution in [0.15, 0.2) is 53.6 Å². The van der Waals surface area contributed by atoms with Crippen LogP contribution >= 0.6 is 0 Å². The van der Waals surface area contributed by atoms with Crippen LogP contribution in [0.3, 0.4) is 0 Å². The summed E-state index contributed by atoms with van der Waals surface area (Å²) in [5, 5.41) is 9.88. The quantitative estimate of drug-likeness (QED) is 0.331. The molecule has 0 aromatic heterocycles. The molecule has 0 bridgehead atoms. The molecule has 0 saturated heterocycles. The van der Waals surface area contributed by atoms with E-state index in [0.717, 1.165) is 25.7 Å². The second-order valence-electron chi connectivity index (χ2n) is 6.83. The lowest BCUT2D eigenvalue weighted by atomic mass is 10.1. The Balaban J connectivity index is 2.23. The first kappa shape index (κ1) is 23.2. The third kappa shape index (κ3) is 9.07. The molecule has 4 nitrogen and oxygen atoms in total. The Morgan fingerprint density at radius 1 is 0.963 bits per heavy atom. The minimum atomic E-state index is -3.89. The van der Waals surface area contributed by atoms with E-state index in [2.05, 4.69) is 12.3 Å². The summed E-state index contributed by atoms with van der Waals surface area (Å²) in [5.41, 5.74) is 2.78. The van der Waals surface area contributed by atoms with Crippen molar-refractivity contribution in [2.45, 2.75) is 80.8 Å². The predicted molar refractivity (Wildman–Crippen MR) is 107 cm³/mol. The molecule has 0 spiro atoms. The fourth-order valence-corrected chi connectivity index (χ4v) is 4.69. The van der Waals surface area contributed by atoms with Crippen molar-refractivity contribution in [3.05, 3.63) is 48.7 Å². The standard InChI is InChI=1S/C22H32O4S/c1-2-3-4-5-6-7-8-9-10-11-12-16-19-21(22(23)24)27(25,26)20-17-14-13-15-18-20/h3,13-15,17-18,21H,1,4-12,16,19H2,(H,23,24)/p-1. The van der Waals surface area contributed by atoms with Crippen molar-refractivity contribution in [2.24, 2.45) is 0 Å². The molecular formula is C22H31O4S-. The summed E-state index contributed by atoms with van der Waals surface area (Å²) in [6, 6.07) is 7.74. The van der Waals surface area contributed by atoms with Crippen molar-refractivity contribution in [1.29, 1.82) is 0 Å². The Bertz CT molecular complexity index is 688. The normalized spacial score (nSPS) is 12.3. The third-order valence-corrected chi connectivity index (χ3v) is 6.77. The minimum absolute atomic E-state index is 0.0442.